The van der Waals surface area contributed by atoms with Gasteiger partial charge in [-0.05, 0) is 67.8 Å². The molecule has 0 spiro atoms. The van der Waals surface area contributed by atoms with Gasteiger partial charge in [0.25, 0.3) is 5.91 Å². The maximum atomic E-state index is 12.8. The third kappa shape index (κ3) is 3.72. The molecular formula is C24H23N3O2. The van der Waals surface area contributed by atoms with Crippen molar-refractivity contribution in [1.82, 2.24) is 14.8 Å². The molecule has 4 rings (SSSR count). The Morgan fingerprint density at radius 3 is 2.52 bits per heavy atom. The van der Waals surface area contributed by atoms with Crippen LogP contribution < -0.4 is 5.32 Å². The van der Waals surface area contributed by atoms with Crippen LogP contribution in [-0.4, -0.2) is 21.4 Å². The van der Waals surface area contributed by atoms with Crippen molar-refractivity contribution in [3.63, 3.8) is 0 Å². The molecule has 1 saturated heterocycles. The molecular weight excluding hydrogens is 362 g/mol. The number of hydrogen-bond acceptors (Lipinski definition) is 2. The van der Waals surface area contributed by atoms with Crippen molar-refractivity contribution in [2.24, 2.45) is 0 Å². The first-order valence-electron chi connectivity index (χ1n) is 9.57. The summed E-state index contributed by atoms with van der Waals surface area (Å²) in [5.74, 6) is -0.315. The quantitative estimate of drug-likeness (QED) is 0.531. The molecule has 3 aromatic rings. The summed E-state index contributed by atoms with van der Waals surface area (Å²) in [7, 11) is 0. The fourth-order valence-electron chi connectivity index (χ4n) is 3.48. The van der Waals surface area contributed by atoms with E-state index in [1.165, 1.54) is 16.0 Å². The number of aryl methyl sites for hydroxylation is 3. The van der Waals surface area contributed by atoms with Gasteiger partial charge < -0.3 is 9.88 Å². The topological polar surface area (TPSA) is 54.3 Å². The molecule has 0 saturated carbocycles. The van der Waals surface area contributed by atoms with Gasteiger partial charge in [0.05, 0.1) is 6.54 Å². The highest BCUT2D eigenvalue weighted by atomic mass is 16.2. The van der Waals surface area contributed by atoms with Crippen LogP contribution in [-0.2, 0) is 11.3 Å². The third-order valence-electron chi connectivity index (χ3n) is 5.23. The largest absolute Gasteiger partial charge is 0.329 e. The average Bonchev–Trinajstić information content (AvgIpc) is 3.24. The third-order valence-corrected chi connectivity index (χ3v) is 5.23. The van der Waals surface area contributed by atoms with Crippen molar-refractivity contribution in [3.8, 4) is 5.69 Å². The van der Waals surface area contributed by atoms with Crippen molar-refractivity contribution in [2.45, 2.75) is 27.3 Å². The minimum Gasteiger partial charge on any atom is -0.317 e. The number of rotatable bonds is 4. The zero-order chi connectivity index (χ0) is 20.5. The van der Waals surface area contributed by atoms with E-state index >= 15 is 0 Å². The van der Waals surface area contributed by atoms with Crippen LogP contribution in [0.2, 0.25) is 0 Å². The standard InChI is InChI=1S/C24H23N3O2/c1-16-6-4-7-19(12-16)15-27-23(28)22(25-24(27)29)14-20-8-5-11-26(20)21-10-9-17(2)18(3)13-21/h4-14H,15H2,1-3H3,(H,25,29)/b22-14+. The molecule has 0 radical (unpaired) electrons. The van der Waals surface area contributed by atoms with E-state index in [0.717, 1.165) is 22.5 Å². The second-order valence-electron chi connectivity index (χ2n) is 7.44. The van der Waals surface area contributed by atoms with E-state index in [9.17, 15) is 9.59 Å². The molecule has 0 atom stereocenters. The summed E-state index contributed by atoms with van der Waals surface area (Å²) in [5.41, 5.74) is 6.57. The van der Waals surface area contributed by atoms with Gasteiger partial charge in [0, 0.05) is 17.6 Å². The lowest BCUT2D eigenvalue weighted by atomic mass is 10.1. The zero-order valence-electron chi connectivity index (χ0n) is 16.8. The number of aromatic nitrogens is 1. The van der Waals surface area contributed by atoms with Gasteiger partial charge in [-0.2, -0.15) is 0 Å². The van der Waals surface area contributed by atoms with E-state index in [1.54, 1.807) is 6.08 Å². The molecule has 1 aliphatic heterocycles. The fourth-order valence-corrected chi connectivity index (χ4v) is 3.48. The van der Waals surface area contributed by atoms with Gasteiger partial charge in [-0.15, -0.1) is 0 Å². The monoisotopic (exact) mass is 385 g/mol. The predicted molar refractivity (Wildman–Crippen MR) is 113 cm³/mol. The average molecular weight is 385 g/mol. The molecule has 1 fully saturated rings. The summed E-state index contributed by atoms with van der Waals surface area (Å²) < 4.78 is 2.00. The molecule has 3 amide bonds. The second kappa shape index (κ2) is 7.43. The molecule has 0 unspecified atom stereocenters. The number of nitrogens with one attached hydrogen (secondary N) is 1. The molecule has 1 N–H and O–H groups in total. The lowest BCUT2D eigenvalue weighted by Gasteiger charge is -2.12. The SMILES string of the molecule is Cc1cccc(CN2C(=O)N/C(=C/c3cccn3-c3ccc(C)c(C)c3)C2=O)c1. The van der Waals surface area contributed by atoms with Crippen LogP contribution in [0.3, 0.4) is 0 Å². The van der Waals surface area contributed by atoms with E-state index in [1.807, 2.05) is 60.2 Å². The van der Waals surface area contributed by atoms with Crippen LogP contribution in [0.1, 0.15) is 27.9 Å². The van der Waals surface area contributed by atoms with E-state index in [4.69, 9.17) is 0 Å². The molecule has 146 valence electrons. The Labute approximate surface area is 170 Å². The number of benzene rings is 2. The van der Waals surface area contributed by atoms with Crippen LogP contribution in [0.25, 0.3) is 11.8 Å². The normalized spacial score (nSPS) is 15.3. The number of imide groups is 1. The molecule has 1 aliphatic rings. The first kappa shape index (κ1) is 18.7. The Morgan fingerprint density at radius 1 is 0.931 bits per heavy atom. The first-order valence-corrected chi connectivity index (χ1v) is 9.57. The lowest BCUT2D eigenvalue weighted by molar-refractivity contribution is -0.123. The van der Waals surface area contributed by atoms with Crippen LogP contribution in [0.5, 0.6) is 0 Å². The molecule has 0 bridgehead atoms. The Morgan fingerprint density at radius 2 is 1.76 bits per heavy atom. The highest BCUT2D eigenvalue weighted by molar-refractivity contribution is 6.13. The second-order valence-corrected chi connectivity index (χ2v) is 7.44. The van der Waals surface area contributed by atoms with Crippen molar-refractivity contribution in [3.05, 3.63) is 94.4 Å². The Kier molecular flexibility index (Phi) is 4.80. The Balaban J connectivity index is 1.61. The highest BCUT2D eigenvalue weighted by Gasteiger charge is 2.33. The smallest absolute Gasteiger partial charge is 0.317 e. The van der Waals surface area contributed by atoms with Gasteiger partial charge in [-0.3, -0.25) is 9.69 Å². The van der Waals surface area contributed by atoms with Gasteiger partial charge in [0.15, 0.2) is 0 Å². The molecule has 0 aliphatic carbocycles. The number of carbonyl (C=O) groups is 2. The summed E-state index contributed by atoms with van der Waals surface area (Å²) in [4.78, 5) is 26.5. The Hall–Kier alpha value is -3.60. The summed E-state index contributed by atoms with van der Waals surface area (Å²) in [6.07, 6.45) is 3.67. The van der Waals surface area contributed by atoms with Gasteiger partial charge in [-0.25, -0.2) is 4.79 Å². The fraction of sp³-hybridized carbons (Fsp3) is 0.167. The van der Waals surface area contributed by atoms with Crippen LogP contribution in [0, 0.1) is 20.8 Å². The van der Waals surface area contributed by atoms with Gasteiger partial charge >= 0.3 is 6.03 Å². The summed E-state index contributed by atoms with van der Waals surface area (Å²) >= 11 is 0. The van der Waals surface area contributed by atoms with E-state index < -0.39 is 6.03 Å². The summed E-state index contributed by atoms with van der Waals surface area (Å²) in [6.45, 7) is 6.39. The number of urea groups is 1. The van der Waals surface area contributed by atoms with E-state index in [-0.39, 0.29) is 18.1 Å². The van der Waals surface area contributed by atoms with E-state index in [0.29, 0.717) is 0 Å². The first-order chi connectivity index (χ1) is 13.9. The van der Waals surface area contributed by atoms with Gasteiger partial charge in [0.2, 0.25) is 0 Å². The molecule has 5 heteroatoms. The van der Waals surface area contributed by atoms with E-state index in [2.05, 4.69) is 31.3 Å². The van der Waals surface area contributed by atoms with Crippen molar-refractivity contribution in [2.75, 3.05) is 0 Å². The number of hydrogen-bond donors (Lipinski definition) is 1. The minimum atomic E-state index is -0.396. The maximum Gasteiger partial charge on any atom is 0.329 e. The predicted octanol–water partition coefficient (Wildman–Crippen LogP) is 4.50. The molecule has 29 heavy (non-hydrogen) atoms. The van der Waals surface area contributed by atoms with Crippen LogP contribution in [0.15, 0.2) is 66.5 Å². The highest BCUT2D eigenvalue weighted by Crippen LogP contribution is 2.21. The Bertz CT molecular complexity index is 1140. The summed E-state index contributed by atoms with van der Waals surface area (Å²) in [5, 5.41) is 2.71. The summed E-state index contributed by atoms with van der Waals surface area (Å²) in [6, 6.07) is 17.5. The zero-order valence-corrected chi connectivity index (χ0v) is 16.8. The number of amides is 3. The van der Waals surface area contributed by atoms with Gasteiger partial charge in [0.1, 0.15) is 5.70 Å². The maximum absolute atomic E-state index is 12.8. The van der Waals surface area contributed by atoms with Crippen LogP contribution >= 0.6 is 0 Å². The minimum absolute atomic E-state index is 0.252. The number of carbonyl (C=O) groups excluding carboxylic acids is 2. The van der Waals surface area contributed by atoms with Crippen molar-refractivity contribution < 1.29 is 9.59 Å². The van der Waals surface area contributed by atoms with Gasteiger partial charge in [-0.1, -0.05) is 35.9 Å². The van der Waals surface area contributed by atoms with Crippen LogP contribution in [0.4, 0.5) is 4.79 Å². The van der Waals surface area contributed by atoms with Crippen molar-refractivity contribution in [1.29, 1.82) is 0 Å². The molecule has 2 aromatic carbocycles. The van der Waals surface area contributed by atoms with Crippen molar-refractivity contribution >= 4 is 18.0 Å². The molecule has 2 heterocycles. The lowest BCUT2D eigenvalue weighted by Crippen LogP contribution is -2.30. The molecule has 1 aromatic heterocycles. The number of nitrogens with zero attached hydrogens (tertiary/aromatic N) is 2. The molecule has 5 nitrogen and oxygen atoms in total.